The van der Waals surface area contributed by atoms with Crippen LogP contribution < -0.4 is 10.1 Å². The first kappa shape index (κ1) is 26.8. The highest BCUT2D eigenvalue weighted by atomic mass is 32.1. The van der Waals surface area contributed by atoms with Gasteiger partial charge in [-0.15, -0.1) is 11.3 Å². The van der Waals surface area contributed by atoms with Gasteiger partial charge in [0.2, 0.25) is 5.91 Å². The van der Waals surface area contributed by atoms with Gasteiger partial charge in [-0.3, -0.25) is 9.59 Å². The summed E-state index contributed by atoms with van der Waals surface area (Å²) < 4.78 is 25.2. The Morgan fingerprint density at radius 1 is 1.22 bits per heavy atom. The Hall–Kier alpha value is -3.30. The maximum Gasteiger partial charge on any atom is 0.270 e. The molecule has 2 heterocycles. The van der Waals surface area contributed by atoms with Crippen molar-refractivity contribution in [1.29, 1.82) is 0 Å². The molecule has 1 aromatic heterocycles. The average molecular weight is 526 g/mol. The first-order valence-electron chi connectivity index (χ1n) is 12.2. The normalized spacial score (nSPS) is 15.3. The maximum absolute atomic E-state index is 14.2. The summed E-state index contributed by atoms with van der Waals surface area (Å²) in [7, 11) is 1.57. The van der Waals surface area contributed by atoms with E-state index in [0.717, 1.165) is 16.7 Å². The fourth-order valence-corrected chi connectivity index (χ4v) is 5.04. The van der Waals surface area contributed by atoms with Crippen molar-refractivity contribution in [3.63, 3.8) is 0 Å². The lowest BCUT2D eigenvalue weighted by Crippen LogP contribution is -2.45. The van der Waals surface area contributed by atoms with Gasteiger partial charge in [-0.25, -0.2) is 9.37 Å². The second-order valence-corrected chi connectivity index (χ2v) is 10.9. The number of fused-ring (bicyclic) bond motifs is 1. The van der Waals surface area contributed by atoms with Gasteiger partial charge in [0.1, 0.15) is 28.9 Å². The molecule has 0 radical (unpaired) electrons. The summed E-state index contributed by atoms with van der Waals surface area (Å²) in [6, 6.07) is 11.8. The summed E-state index contributed by atoms with van der Waals surface area (Å²) in [6.07, 6.45) is 0.706. The minimum Gasteiger partial charge on any atom is -0.486 e. The topological polar surface area (TPSA) is 80.8 Å². The number of carbonyl (C=O) groups is 2. The van der Waals surface area contributed by atoms with Crippen LogP contribution in [0.25, 0.3) is 0 Å². The number of nitrogens with zero attached hydrogens (tertiary/aromatic N) is 2. The van der Waals surface area contributed by atoms with Crippen LogP contribution in [0, 0.1) is 11.2 Å². The van der Waals surface area contributed by atoms with Crippen LogP contribution in [0.1, 0.15) is 59.0 Å². The molecule has 0 unspecified atom stereocenters. The number of carbonyl (C=O) groups excluding carboxylic acids is 2. The van der Waals surface area contributed by atoms with Crippen LogP contribution in [0.3, 0.4) is 0 Å². The quantitative estimate of drug-likeness (QED) is 0.429. The van der Waals surface area contributed by atoms with Crippen LogP contribution >= 0.6 is 11.3 Å². The fourth-order valence-electron chi connectivity index (χ4n) is 4.35. The molecule has 3 aromatic rings. The van der Waals surface area contributed by atoms with Crippen LogP contribution in [0.2, 0.25) is 0 Å². The van der Waals surface area contributed by atoms with Crippen molar-refractivity contribution < 1.29 is 23.5 Å². The first-order chi connectivity index (χ1) is 17.7. The van der Waals surface area contributed by atoms with Gasteiger partial charge in [0.05, 0.1) is 12.6 Å². The third kappa shape index (κ3) is 6.34. The molecule has 196 valence electrons. The number of benzene rings is 2. The molecule has 1 aliphatic rings. The van der Waals surface area contributed by atoms with Crippen molar-refractivity contribution in [2.75, 3.05) is 26.8 Å². The minimum absolute atomic E-state index is 0.0119. The molecule has 1 N–H and O–H groups in total. The number of ether oxygens (including phenoxy) is 2. The van der Waals surface area contributed by atoms with E-state index in [4.69, 9.17) is 9.47 Å². The molecule has 0 saturated carbocycles. The molecule has 4 rings (SSSR count). The molecule has 0 spiro atoms. The molecule has 0 bridgehead atoms. The number of hydrogen-bond donors (Lipinski definition) is 1. The number of thiazole rings is 1. The van der Waals surface area contributed by atoms with Gasteiger partial charge in [0.25, 0.3) is 5.91 Å². The van der Waals surface area contributed by atoms with Crippen LogP contribution in [0.15, 0.2) is 47.8 Å². The summed E-state index contributed by atoms with van der Waals surface area (Å²) in [5.74, 6) is 0.0326. The molecular formula is C28H32FN3O4S. The van der Waals surface area contributed by atoms with Crippen LogP contribution in [0.4, 0.5) is 4.39 Å². The van der Waals surface area contributed by atoms with Crippen molar-refractivity contribution in [3.05, 3.63) is 81.1 Å². The number of methoxy groups -OCH3 is 1. The summed E-state index contributed by atoms with van der Waals surface area (Å²) in [4.78, 5) is 31.8. The van der Waals surface area contributed by atoms with Crippen molar-refractivity contribution in [1.82, 2.24) is 15.2 Å². The Bertz CT molecular complexity index is 1270. The van der Waals surface area contributed by atoms with Crippen molar-refractivity contribution in [3.8, 4) is 5.75 Å². The highest BCUT2D eigenvalue weighted by Gasteiger charge is 2.37. The number of aromatic nitrogens is 1. The zero-order valence-corrected chi connectivity index (χ0v) is 22.4. The van der Waals surface area contributed by atoms with Gasteiger partial charge in [0, 0.05) is 31.0 Å². The summed E-state index contributed by atoms with van der Waals surface area (Å²) in [5, 5.41) is 5.12. The van der Waals surface area contributed by atoms with Crippen LogP contribution in [-0.2, 0) is 22.6 Å². The summed E-state index contributed by atoms with van der Waals surface area (Å²) >= 11 is 1.35. The Morgan fingerprint density at radius 2 is 2.03 bits per heavy atom. The standard InChI is InChI=1S/C28H32FN3O4S/c1-28(2,3)27(34)32-12-10-18-8-9-21(15-22(18)25(32)19-6-5-7-20(29)14-19)36-16-24-31-23(17-37-24)26(33)30-11-13-35-4/h5-9,14-15,17,25H,10-13,16H2,1-4H3,(H,30,33)/t25-/m0/s1. The second-order valence-electron chi connectivity index (χ2n) is 9.98. The van der Waals surface area contributed by atoms with Gasteiger partial charge in [-0.1, -0.05) is 39.0 Å². The first-order valence-corrected chi connectivity index (χ1v) is 13.1. The number of nitrogens with one attached hydrogen (secondary N) is 1. The highest BCUT2D eigenvalue weighted by Crippen LogP contribution is 2.39. The lowest BCUT2D eigenvalue weighted by Gasteiger charge is -2.41. The SMILES string of the molecule is COCCNC(=O)c1csc(COc2ccc3c(c2)[C@H](c2cccc(F)c2)N(C(=O)C(C)(C)C)CC3)n1. The van der Waals surface area contributed by atoms with Crippen molar-refractivity contribution in [2.24, 2.45) is 5.41 Å². The maximum atomic E-state index is 14.2. The fraction of sp³-hybridized carbons (Fsp3) is 0.393. The van der Waals surface area contributed by atoms with Gasteiger partial charge < -0.3 is 19.7 Å². The van der Waals surface area contributed by atoms with Gasteiger partial charge in [-0.2, -0.15) is 0 Å². The smallest absolute Gasteiger partial charge is 0.270 e. The molecular weight excluding hydrogens is 493 g/mol. The molecule has 9 heteroatoms. The van der Waals surface area contributed by atoms with Crippen molar-refractivity contribution >= 4 is 23.2 Å². The molecule has 0 saturated heterocycles. The highest BCUT2D eigenvalue weighted by molar-refractivity contribution is 7.09. The molecule has 7 nitrogen and oxygen atoms in total. The van der Waals surface area contributed by atoms with E-state index in [0.29, 0.717) is 42.6 Å². The zero-order chi connectivity index (χ0) is 26.6. The van der Waals surface area contributed by atoms with Crippen LogP contribution in [0.5, 0.6) is 5.75 Å². The largest absolute Gasteiger partial charge is 0.486 e. The van der Waals surface area contributed by atoms with Gasteiger partial charge in [0.15, 0.2) is 0 Å². The lowest BCUT2D eigenvalue weighted by atomic mass is 9.85. The van der Waals surface area contributed by atoms with Crippen LogP contribution in [-0.4, -0.2) is 48.5 Å². The van der Waals surface area contributed by atoms with E-state index in [1.807, 2.05) is 49.9 Å². The second kappa shape index (κ2) is 11.4. The lowest BCUT2D eigenvalue weighted by molar-refractivity contribution is -0.141. The van der Waals surface area contributed by atoms with E-state index in [9.17, 15) is 14.0 Å². The molecule has 0 fully saturated rings. The Morgan fingerprint density at radius 3 is 2.76 bits per heavy atom. The number of rotatable bonds is 8. The Labute approximate surface area is 220 Å². The average Bonchev–Trinajstić information content (AvgIpc) is 3.35. The third-order valence-electron chi connectivity index (χ3n) is 6.15. The molecule has 2 amide bonds. The Balaban J connectivity index is 1.56. The summed E-state index contributed by atoms with van der Waals surface area (Å²) in [5.41, 5.74) is 2.51. The van der Waals surface area contributed by atoms with E-state index in [1.165, 1.54) is 23.5 Å². The molecule has 0 aliphatic carbocycles. The van der Waals surface area contributed by atoms with Gasteiger partial charge in [-0.05, 0) is 47.4 Å². The van der Waals surface area contributed by atoms with E-state index in [-0.39, 0.29) is 24.2 Å². The predicted molar refractivity (Wildman–Crippen MR) is 140 cm³/mol. The molecule has 37 heavy (non-hydrogen) atoms. The number of halogens is 1. The van der Waals surface area contributed by atoms with E-state index >= 15 is 0 Å². The van der Waals surface area contributed by atoms with E-state index in [1.54, 1.807) is 18.6 Å². The predicted octanol–water partition coefficient (Wildman–Crippen LogP) is 4.76. The summed E-state index contributed by atoms with van der Waals surface area (Å²) in [6.45, 7) is 7.28. The van der Waals surface area contributed by atoms with E-state index < -0.39 is 11.5 Å². The monoisotopic (exact) mass is 525 g/mol. The zero-order valence-electron chi connectivity index (χ0n) is 21.5. The number of amides is 2. The van der Waals surface area contributed by atoms with E-state index in [2.05, 4.69) is 10.3 Å². The Kier molecular flexibility index (Phi) is 8.24. The third-order valence-corrected chi connectivity index (χ3v) is 6.97. The molecule has 2 aromatic carbocycles. The number of hydrogen-bond acceptors (Lipinski definition) is 6. The molecule has 1 aliphatic heterocycles. The minimum atomic E-state index is -0.574. The van der Waals surface area contributed by atoms with Gasteiger partial charge >= 0.3 is 0 Å². The molecule has 1 atom stereocenters. The van der Waals surface area contributed by atoms with Crippen molar-refractivity contribution in [2.45, 2.75) is 39.8 Å².